The minimum atomic E-state index is -0.478. The van der Waals surface area contributed by atoms with E-state index in [2.05, 4.69) is 0 Å². The van der Waals surface area contributed by atoms with Crippen molar-refractivity contribution in [2.75, 3.05) is 0 Å². The highest BCUT2D eigenvalue weighted by atomic mass is 16.3. The van der Waals surface area contributed by atoms with Crippen LogP contribution >= 0.6 is 0 Å². The van der Waals surface area contributed by atoms with Crippen molar-refractivity contribution in [2.24, 2.45) is 0 Å². The number of ketones is 3. The normalized spacial score (nSPS) is 10.3. The van der Waals surface area contributed by atoms with Crippen molar-refractivity contribution in [1.29, 1.82) is 0 Å². The third-order valence-corrected chi connectivity index (χ3v) is 2.70. The van der Waals surface area contributed by atoms with Crippen LogP contribution in [-0.4, -0.2) is 17.3 Å². The van der Waals surface area contributed by atoms with Crippen LogP contribution in [0.3, 0.4) is 0 Å². The molecule has 0 atom stereocenters. The number of Topliss-reactive ketones (excluding diaryl/α,β-unsaturated/α-hetero) is 3. The monoisotopic (exact) mass is 250 g/mol. The first-order valence-corrected chi connectivity index (χ1v) is 6.10. The molecule has 1 heterocycles. The van der Waals surface area contributed by atoms with E-state index >= 15 is 0 Å². The van der Waals surface area contributed by atoms with Crippen molar-refractivity contribution in [3.8, 4) is 0 Å². The van der Waals surface area contributed by atoms with Gasteiger partial charge in [0.15, 0.2) is 11.6 Å². The summed E-state index contributed by atoms with van der Waals surface area (Å²) in [5.41, 5.74) is 0. The second-order valence-electron chi connectivity index (χ2n) is 4.38. The lowest BCUT2D eigenvalue weighted by Crippen LogP contribution is -2.11. The lowest BCUT2D eigenvalue weighted by Gasteiger charge is -1.99. The lowest BCUT2D eigenvalue weighted by molar-refractivity contribution is -0.136. The molecule has 0 saturated heterocycles. The second kappa shape index (κ2) is 6.89. The molecule has 0 radical (unpaired) electrons. The molecule has 0 N–H and O–H groups in total. The fourth-order valence-corrected chi connectivity index (χ4v) is 1.63. The van der Waals surface area contributed by atoms with Crippen LogP contribution in [-0.2, 0) is 20.8 Å². The molecule has 1 rings (SSSR count). The Bertz CT molecular complexity index is 442. The van der Waals surface area contributed by atoms with Crippen LogP contribution in [0, 0.1) is 6.92 Å². The number of carbonyl (C=O) groups excluding carboxylic acids is 3. The number of hydrogen-bond donors (Lipinski definition) is 0. The molecule has 1 aromatic heterocycles. The van der Waals surface area contributed by atoms with Crippen molar-refractivity contribution >= 4 is 17.3 Å². The second-order valence-corrected chi connectivity index (χ2v) is 4.38. The number of hydrogen-bond acceptors (Lipinski definition) is 4. The van der Waals surface area contributed by atoms with Crippen LogP contribution in [0.5, 0.6) is 0 Å². The maximum atomic E-state index is 11.5. The smallest absolute Gasteiger partial charge is 0.198 e. The molecular formula is C14H18O4. The summed E-state index contributed by atoms with van der Waals surface area (Å²) < 4.78 is 5.38. The van der Waals surface area contributed by atoms with E-state index in [1.54, 1.807) is 0 Å². The van der Waals surface area contributed by atoms with E-state index in [-0.39, 0.29) is 18.6 Å². The Morgan fingerprint density at radius 3 is 2.39 bits per heavy atom. The van der Waals surface area contributed by atoms with E-state index in [1.165, 1.54) is 6.92 Å². The molecule has 4 nitrogen and oxygen atoms in total. The topological polar surface area (TPSA) is 64.3 Å². The summed E-state index contributed by atoms with van der Waals surface area (Å²) in [6.07, 6.45) is 2.05. The van der Waals surface area contributed by atoms with E-state index in [1.807, 2.05) is 19.1 Å². The Kier molecular flexibility index (Phi) is 5.49. The number of furan rings is 1. The molecular weight excluding hydrogens is 232 g/mol. The molecule has 0 unspecified atom stereocenters. The van der Waals surface area contributed by atoms with Gasteiger partial charge >= 0.3 is 0 Å². The fraction of sp³-hybridized carbons (Fsp3) is 0.500. The predicted molar refractivity (Wildman–Crippen MR) is 66.3 cm³/mol. The van der Waals surface area contributed by atoms with Gasteiger partial charge in [-0.25, -0.2) is 0 Å². The first-order chi connectivity index (χ1) is 8.49. The van der Waals surface area contributed by atoms with Gasteiger partial charge in [-0.15, -0.1) is 0 Å². The number of rotatable bonds is 8. The van der Waals surface area contributed by atoms with Gasteiger partial charge in [0, 0.05) is 32.6 Å². The van der Waals surface area contributed by atoms with Gasteiger partial charge in [-0.3, -0.25) is 14.4 Å². The van der Waals surface area contributed by atoms with Gasteiger partial charge in [0.05, 0.1) is 0 Å². The highest BCUT2D eigenvalue weighted by Gasteiger charge is 2.11. The summed E-state index contributed by atoms with van der Waals surface area (Å²) in [5, 5.41) is 0. The summed E-state index contributed by atoms with van der Waals surface area (Å²) in [7, 11) is 0. The molecule has 0 fully saturated rings. The van der Waals surface area contributed by atoms with Crippen LogP contribution in [0.4, 0.5) is 0 Å². The number of aryl methyl sites for hydroxylation is 2. The third kappa shape index (κ3) is 5.08. The zero-order chi connectivity index (χ0) is 13.5. The van der Waals surface area contributed by atoms with Crippen LogP contribution in [0.15, 0.2) is 16.5 Å². The molecule has 4 heteroatoms. The van der Waals surface area contributed by atoms with E-state index in [0.29, 0.717) is 12.8 Å². The highest BCUT2D eigenvalue weighted by Crippen LogP contribution is 2.10. The molecule has 98 valence electrons. The maximum Gasteiger partial charge on any atom is 0.198 e. The summed E-state index contributed by atoms with van der Waals surface area (Å²) in [6, 6.07) is 3.79. The summed E-state index contributed by atoms with van der Waals surface area (Å²) in [6.45, 7) is 3.11. The Morgan fingerprint density at radius 2 is 1.83 bits per heavy atom. The first kappa shape index (κ1) is 14.4. The van der Waals surface area contributed by atoms with Gasteiger partial charge < -0.3 is 4.42 Å². The average molecular weight is 250 g/mol. The quantitative estimate of drug-likeness (QED) is 0.665. The van der Waals surface area contributed by atoms with Gasteiger partial charge in [0.25, 0.3) is 0 Å². The largest absolute Gasteiger partial charge is 0.466 e. The van der Waals surface area contributed by atoms with Crippen molar-refractivity contribution in [2.45, 2.75) is 46.0 Å². The van der Waals surface area contributed by atoms with Gasteiger partial charge in [-0.2, -0.15) is 0 Å². The Labute approximate surface area is 106 Å². The maximum absolute atomic E-state index is 11.5. The van der Waals surface area contributed by atoms with Crippen LogP contribution < -0.4 is 0 Å². The minimum Gasteiger partial charge on any atom is -0.466 e. The van der Waals surface area contributed by atoms with Gasteiger partial charge in [0.1, 0.15) is 17.3 Å². The van der Waals surface area contributed by atoms with Gasteiger partial charge in [-0.1, -0.05) is 0 Å². The molecule has 0 aliphatic rings. The summed E-state index contributed by atoms with van der Waals surface area (Å²) >= 11 is 0. The molecule has 0 amide bonds. The van der Waals surface area contributed by atoms with Crippen molar-refractivity contribution in [3.05, 3.63) is 23.7 Å². The van der Waals surface area contributed by atoms with Gasteiger partial charge in [-0.05, 0) is 25.5 Å². The van der Waals surface area contributed by atoms with Gasteiger partial charge in [0.2, 0.25) is 0 Å². The van der Waals surface area contributed by atoms with E-state index < -0.39 is 11.6 Å². The lowest BCUT2D eigenvalue weighted by atomic mass is 10.1. The predicted octanol–water partition coefficient (Wildman–Crippen LogP) is 2.42. The average Bonchev–Trinajstić information content (AvgIpc) is 2.71. The number of carbonyl (C=O) groups is 3. The van der Waals surface area contributed by atoms with Crippen molar-refractivity contribution in [1.82, 2.24) is 0 Å². The summed E-state index contributed by atoms with van der Waals surface area (Å²) in [4.78, 5) is 33.2. The third-order valence-electron chi connectivity index (χ3n) is 2.70. The Balaban J connectivity index is 2.17. The fourth-order valence-electron chi connectivity index (χ4n) is 1.63. The molecule has 0 saturated carbocycles. The first-order valence-electron chi connectivity index (χ1n) is 6.10. The zero-order valence-electron chi connectivity index (χ0n) is 10.8. The van der Waals surface area contributed by atoms with E-state index in [9.17, 15) is 14.4 Å². The van der Waals surface area contributed by atoms with Crippen LogP contribution in [0.1, 0.15) is 44.1 Å². The van der Waals surface area contributed by atoms with Crippen molar-refractivity contribution < 1.29 is 18.8 Å². The molecule has 0 spiro atoms. The van der Waals surface area contributed by atoms with Crippen molar-refractivity contribution in [3.63, 3.8) is 0 Å². The summed E-state index contributed by atoms with van der Waals surface area (Å²) in [5.74, 6) is 0.815. The molecule has 0 bridgehead atoms. The molecule has 0 aliphatic heterocycles. The molecule has 0 aromatic carbocycles. The molecule has 0 aliphatic carbocycles. The highest BCUT2D eigenvalue weighted by molar-refractivity contribution is 6.36. The van der Waals surface area contributed by atoms with Crippen LogP contribution in [0.2, 0.25) is 0 Å². The van der Waals surface area contributed by atoms with E-state index in [4.69, 9.17) is 4.42 Å². The zero-order valence-corrected chi connectivity index (χ0v) is 10.8. The molecule has 18 heavy (non-hydrogen) atoms. The van der Waals surface area contributed by atoms with Crippen LogP contribution in [0.25, 0.3) is 0 Å². The Hall–Kier alpha value is -1.71. The van der Waals surface area contributed by atoms with E-state index in [0.717, 1.165) is 17.9 Å². The Morgan fingerprint density at radius 1 is 1.11 bits per heavy atom. The SMILES string of the molecule is CC(=O)C(=O)CCC(=O)CCCc1ccc(C)o1. The molecule has 1 aromatic rings. The minimum absolute atomic E-state index is 0.0212. The standard InChI is InChI=1S/C14H18O4/c1-10-6-8-13(18-10)5-3-4-12(16)7-9-14(17)11(2)15/h6,8H,3-5,7,9H2,1-2H3.